The minimum Gasteiger partial charge on any atom is -0.325 e. The number of anilines is 1. The summed E-state index contributed by atoms with van der Waals surface area (Å²) < 4.78 is 0. The molecule has 1 atom stereocenters. The minimum absolute atomic E-state index is 0.0305. The monoisotopic (exact) mass is 256 g/mol. The number of nitrogens with one attached hydrogen (secondary N) is 2. The van der Waals surface area contributed by atoms with E-state index in [-0.39, 0.29) is 11.9 Å². The number of carbonyl (C=O) groups excluding carboxylic acids is 1. The van der Waals surface area contributed by atoms with Gasteiger partial charge in [-0.2, -0.15) is 0 Å². The molecule has 3 rings (SSSR count). The van der Waals surface area contributed by atoms with Crippen LogP contribution >= 0.6 is 0 Å². The van der Waals surface area contributed by atoms with Crippen molar-refractivity contribution in [2.45, 2.75) is 25.3 Å². The second-order valence-corrected chi connectivity index (χ2v) is 4.75. The summed E-state index contributed by atoms with van der Waals surface area (Å²) in [4.78, 5) is 20.5. The highest BCUT2D eigenvalue weighted by Gasteiger charge is 2.20. The summed E-state index contributed by atoms with van der Waals surface area (Å²) in [7, 11) is 0. The van der Waals surface area contributed by atoms with Crippen LogP contribution in [0.4, 0.5) is 5.69 Å². The maximum absolute atomic E-state index is 12.1. The number of aromatic nitrogens is 2. The van der Waals surface area contributed by atoms with Crippen LogP contribution in [0, 0.1) is 0 Å². The molecule has 2 heterocycles. The average molecular weight is 256 g/mol. The first-order valence-corrected chi connectivity index (χ1v) is 6.58. The van der Waals surface area contributed by atoms with Crippen LogP contribution in [0.25, 0.3) is 11.0 Å². The summed E-state index contributed by atoms with van der Waals surface area (Å²) in [5.74, 6) is 0.0305. The third-order valence-electron chi connectivity index (χ3n) is 3.36. The van der Waals surface area contributed by atoms with Crippen molar-refractivity contribution in [3.63, 3.8) is 0 Å². The fraction of sp³-hybridized carbons (Fsp3) is 0.357. The zero-order chi connectivity index (χ0) is 13.1. The molecular weight excluding hydrogens is 240 g/mol. The van der Waals surface area contributed by atoms with Gasteiger partial charge in [0.05, 0.1) is 17.1 Å². The maximum Gasteiger partial charge on any atom is 0.241 e. The Bertz CT molecular complexity index is 593. The lowest BCUT2D eigenvalue weighted by Gasteiger charge is -2.22. The first-order valence-electron chi connectivity index (χ1n) is 6.58. The Morgan fingerprint density at radius 3 is 2.84 bits per heavy atom. The molecule has 0 spiro atoms. The summed E-state index contributed by atoms with van der Waals surface area (Å²) in [5.41, 5.74) is 2.39. The zero-order valence-corrected chi connectivity index (χ0v) is 10.6. The van der Waals surface area contributed by atoms with Gasteiger partial charge in [-0.1, -0.05) is 6.42 Å². The summed E-state index contributed by atoms with van der Waals surface area (Å²) in [6, 6.07) is 5.50. The topological polar surface area (TPSA) is 66.9 Å². The fourth-order valence-corrected chi connectivity index (χ4v) is 2.35. The molecule has 1 saturated heterocycles. The molecule has 1 aliphatic heterocycles. The predicted octanol–water partition coefficient (Wildman–Crippen LogP) is 1.71. The van der Waals surface area contributed by atoms with E-state index in [9.17, 15) is 4.79 Å². The van der Waals surface area contributed by atoms with Gasteiger partial charge >= 0.3 is 0 Å². The van der Waals surface area contributed by atoms with E-state index < -0.39 is 0 Å². The number of amides is 1. The Labute approximate surface area is 111 Å². The first kappa shape index (κ1) is 12.0. The third kappa shape index (κ3) is 2.71. The largest absolute Gasteiger partial charge is 0.325 e. The smallest absolute Gasteiger partial charge is 0.241 e. The van der Waals surface area contributed by atoms with Crippen molar-refractivity contribution in [1.29, 1.82) is 0 Å². The number of piperidine rings is 1. The molecule has 98 valence electrons. The third-order valence-corrected chi connectivity index (χ3v) is 3.36. The van der Waals surface area contributed by atoms with Crippen LogP contribution in [0.2, 0.25) is 0 Å². The Morgan fingerprint density at radius 1 is 1.21 bits per heavy atom. The van der Waals surface area contributed by atoms with Crippen molar-refractivity contribution < 1.29 is 4.79 Å². The molecule has 1 fully saturated rings. The van der Waals surface area contributed by atoms with Gasteiger partial charge < -0.3 is 10.6 Å². The SMILES string of the molecule is O=C(Nc1ccc2nccnc2c1)[C@H]1CCCCN1. The van der Waals surface area contributed by atoms with E-state index in [1.165, 1.54) is 0 Å². The highest BCUT2D eigenvalue weighted by molar-refractivity contribution is 5.96. The number of benzene rings is 1. The Kier molecular flexibility index (Phi) is 3.37. The molecule has 5 nitrogen and oxygen atoms in total. The van der Waals surface area contributed by atoms with E-state index >= 15 is 0 Å². The van der Waals surface area contributed by atoms with Crippen LogP contribution in [0.3, 0.4) is 0 Å². The van der Waals surface area contributed by atoms with E-state index in [0.717, 1.165) is 42.5 Å². The van der Waals surface area contributed by atoms with Crippen molar-refractivity contribution in [3.05, 3.63) is 30.6 Å². The molecule has 1 aromatic carbocycles. The van der Waals surface area contributed by atoms with Crippen LogP contribution in [0.1, 0.15) is 19.3 Å². The lowest BCUT2D eigenvalue weighted by Crippen LogP contribution is -2.43. The Morgan fingerprint density at radius 2 is 2.05 bits per heavy atom. The number of nitrogens with zero attached hydrogens (tertiary/aromatic N) is 2. The number of hydrogen-bond acceptors (Lipinski definition) is 4. The fourth-order valence-electron chi connectivity index (χ4n) is 2.35. The van der Waals surface area contributed by atoms with Crippen LogP contribution in [0.5, 0.6) is 0 Å². The number of rotatable bonds is 2. The second kappa shape index (κ2) is 5.32. The standard InChI is InChI=1S/C14H16N4O/c19-14(12-3-1-2-6-15-12)18-10-4-5-11-13(9-10)17-8-7-16-11/h4-5,7-9,12,15H,1-3,6H2,(H,18,19)/t12-/m1/s1. The Balaban J connectivity index is 1.75. The molecule has 19 heavy (non-hydrogen) atoms. The molecular formula is C14H16N4O. The van der Waals surface area contributed by atoms with Gasteiger partial charge in [-0.15, -0.1) is 0 Å². The number of fused-ring (bicyclic) bond motifs is 1. The van der Waals surface area contributed by atoms with Crippen LogP contribution in [-0.4, -0.2) is 28.5 Å². The van der Waals surface area contributed by atoms with E-state index in [1.54, 1.807) is 12.4 Å². The van der Waals surface area contributed by atoms with Gasteiger partial charge in [-0.3, -0.25) is 14.8 Å². The van der Waals surface area contributed by atoms with Crippen molar-refractivity contribution in [2.24, 2.45) is 0 Å². The highest BCUT2D eigenvalue weighted by Crippen LogP contribution is 2.16. The maximum atomic E-state index is 12.1. The molecule has 0 unspecified atom stereocenters. The molecule has 0 radical (unpaired) electrons. The molecule has 0 aliphatic carbocycles. The van der Waals surface area contributed by atoms with Crippen molar-refractivity contribution in [3.8, 4) is 0 Å². The average Bonchev–Trinajstić information content (AvgIpc) is 2.48. The molecule has 2 N–H and O–H groups in total. The van der Waals surface area contributed by atoms with Crippen LogP contribution in [-0.2, 0) is 4.79 Å². The van der Waals surface area contributed by atoms with E-state index in [2.05, 4.69) is 20.6 Å². The lowest BCUT2D eigenvalue weighted by atomic mass is 10.0. The summed E-state index contributed by atoms with van der Waals surface area (Å²) in [6.07, 6.45) is 6.46. The zero-order valence-electron chi connectivity index (χ0n) is 10.6. The van der Waals surface area contributed by atoms with Gasteiger partial charge in [0.15, 0.2) is 0 Å². The van der Waals surface area contributed by atoms with E-state index in [0.29, 0.717) is 0 Å². The first-order chi connectivity index (χ1) is 9.33. The van der Waals surface area contributed by atoms with Gasteiger partial charge in [0.25, 0.3) is 0 Å². The van der Waals surface area contributed by atoms with Gasteiger partial charge in [0.2, 0.25) is 5.91 Å². The van der Waals surface area contributed by atoms with Crippen LogP contribution in [0.15, 0.2) is 30.6 Å². The highest BCUT2D eigenvalue weighted by atomic mass is 16.2. The normalized spacial score (nSPS) is 19.3. The van der Waals surface area contributed by atoms with Crippen molar-refractivity contribution in [1.82, 2.24) is 15.3 Å². The Hall–Kier alpha value is -2.01. The van der Waals surface area contributed by atoms with Gasteiger partial charge in [-0.25, -0.2) is 0 Å². The van der Waals surface area contributed by atoms with E-state index in [1.807, 2.05) is 18.2 Å². The summed E-state index contributed by atoms with van der Waals surface area (Å²) in [5, 5.41) is 6.17. The van der Waals surface area contributed by atoms with Crippen molar-refractivity contribution >= 4 is 22.6 Å². The summed E-state index contributed by atoms with van der Waals surface area (Å²) in [6.45, 7) is 0.918. The summed E-state index contributed by atoms with van der Waals surface area (Å²) >= 11 is 0. The molecule has 0 bridgehead atoms. The van der Waals surface area contributed by atoms with Crippen molar-refractivity contribution in [2.75, 3.05) is 11.9 Å². The van der Waals surface area contributed by atoms with Gasteiger partial charge in [-0.05, 0) is 37.6 Å². The molecule has 0 saturated carbocycles. The predicted molar refractivity (Wildman–Crippen MR) is 73.8 cm³/mol. The second-order valence-electron chi connectivity index (χ2n) is 4.75. The molecule has 5 heteroatoms. The molecule has 1 amide bonds. The van der Waals surface area contributed by atoms with Gasteiger partial charge in [0.1, 0.15) is 0 Å². The van der Waals surface area contributed by atoms with Crippen LogP contribution < -0.4 is 10.6 Å². The van der Waals surface area contributed by atoms with E-state index in [4.69, 9.17) is 0 Å². The molecule has 1 aliphatic rings. The van der Waals surface area contributed by atoms with Gasteiger partial charge in [0, 0.05) is 18.1 Å². The quantitative estimate of drug-likeness (QED) is 0.858. The molecule has 2 aromatic rings. The number of carbonyl (C=O) groups is 1. The minimum atomic E-state index is -0.0775. The molecule has 1 aromatic heterocycles. The number of hydrogen-bond donors (Lipinski definition) is 2. The lowest BCUT2D eigenvalue weighted by molar-refractivity contribution is -0.118.